The second-order valence-corrected chi connectivity index (χ2v) is 7.44. The number of nitrogens with zero attached hydrogens (tertiary/aromatic N) is 2. The van der Waals surface area contributed by atoms with Gasteiger partial charge in [-0.25, -0.2) is 4.79 Å². The molecule has 0 unspecified atom stereocenters. The predicted octanol–water partition coefficient (Wildman–Crippen LogP) is 2.44. The van der Waals surface area contributed by atoms with Crippen molar-refractivity contribution < 1.29 is 19.1 Å². The van der Waals surface area contributed by atoms with Crippen LogP contribution in [0, 0.1) is 5.92 Å². The highest BCUT2D eigenvalue weighted by atomic mass is 16.5. The number of nitrogens with one attached hydrogen (secondary N) is 1. The standard InChI is InChI=1S/C20H29N3O4/c1-14-8-10-22(11-9-14)19(24)15-4-6-16(7-5-15)21-20(25)23-12-17(26-2)18(13-23)27-3/h4-7,14,17-18H,8-13H2,1-3H3,(H,21,25)/t17-,18+. The van der Waals surface area contributed by atoms with Crippen LogP contribution in [0.2, 0.25) is 0 Å². The Labute approximate surface area is 160 Å². The van der Waals surface area contributed by atoms with Crippen LogP contribution >= 0.6 is 0 Å². The van der Waals surface area contributed by atoms with Crippen molar-refractivity contribution in [2.45, 2.75) is 32.0 Å². The van der Waals surface area contributed by atoms with Crippen molar-refractivity contribution in [3.05, 3.63) is 29.8 Å². The van der Waals surface area contributed by atoms with Gasteiger partial charge in [-0.05, 0) is 43.0 Å². The number of benzene rings is 1. The van der Waals surface area contributed by atoms with Gasteiger partial charge in [0, 0.05) is 38.6 Å². The highest BCUT2D eigenvalue weighted by Crippen LogP contribution is 2.20. The number of rotatable bonds is 4. The van der Waals surface area contributed by atoms with E-state index in [0.29, 0.717) is 30.3 Å². The summed E-state index contributed by atoms with van der Waals surface area (Å²) in [6, 6.07) is 6.90. The van der Waals surface area contributed by atoms with Gasteiger partial charge in [0.25, 0.3) is 5.91 Å². The molecule has 0 aromatic heterocycles. The highest BCUT2D eigenvalue weighted by Gasteiger charge is 2.35. The number of urea groups is 1. The van der Waals surface area contributed by atoms with E-state index in [9.17, 15) is 9.59 Å². The first-order chi connectivity index (χ1) is 13.0. The molecule has 2 aliphatic rings. The number of amides is 3. The predicted molar refractivity (Wildman–Crippen MR) is 103 cm³/mol. The Bertz CT molecular complexity index is 644. The molecular weight excluding hydrogens is 346 g/mol. The quantitative estimate of drug-likeness (QED) is 0.877. The van der Waals surface area contributed by atoms with Crippen molar-refractivity contribution in [1.29, 1.82) is 0 Å². The molecular formula is C20H29N3O4. The average molecular weight is 375 g/mol. The molecule has 0 radical (unpaired) electrons. The Morgan fingerprint density at radius 2 is 1.52 bits per heavy atom. The van der Waals surface area contributed by atoms with Crippen LogP contribution in [0.4, 0.5) is 10.5 Å². The largest absolute Gasteiger partial charge is 0.377 e. The number of anilines is 1. The summed E-state index contributed by atoms with van der Waals surface area (Å²) in [6.07, 6.45) is 1.88. The first-order valence-corrected chi connectivity index (χ1v) is 9.52. The number of methoxy groups -OCH3 is 2. The van der Waals surface area contributed by atoms with Crippen molar-refractivity contribution in [3.63, 3.8) is 0 Å². The van der Waals surface area contributed by atoms with E-state index in [0.717, 1.165) is 25.9 Å². The molecule has 1 aromatic rings. The van der Waals surface area contributed by atoms with Crippen LogP contribution in [-0.4, -0.2) is 74.3 Å². The van der Waals surface area contributed by atoms with E-state index in [1.807, 2.05) is 4.90 Å². The fourth-order valence-corrected chi connectivity index (χ4v) is 3.66. The third-order valence-corrected chi connectivity index (χ3v) is 5.56. The van der Waals surface area contributed by atoms with Gasteiger partial charge in [0.15, 0.2) is 0 Å². The van der Waals surface area contributed by atoms with Gasteiger partial charge in [-0.1, -0.05) is 6.92 Å². The van der Waals surface area contributed by atoms with E-state index < -0.39 is 0 Å². The molecule has 0 bridgehead atoms. The molecule has 0 aliphatic carbocycles. The van der Waals surface area contributed by atoms with Crippen LogP contribution in [0.1, 0.15) is 30.1 Å². The number of hydrogen-bond acceptors (Lipinski definition) is 4. The van der Waals surface area contributed by atoms with Gasteiger partial charge in [0.2, 0.25) is 0 Å². The smallest absolute Gasteiger partial charge is 0.322 e. The van der Waals surface area contributed by atoms with Crippen molar-refractivity contribution in [3.8, 4) is 0 Å². The van der Waals surface area contributed by atoms with E-state index in [2.05, 4.69) is 12.2 Å². The van der Waals surface area contributed by atoms with Gasteiger partial charge in [-0.3, -0.25) is 4.79 Å². The maximum atomic E-state index is 12.6. The molecule has 27 heavy (non-hydrogen) atoms. The number of carbonyl (C=O) groups excluding carboxylic acids is 2. The lowest BCUT2D eigenvalue weighted by Gasteiger charge is -2.30. The second kappa shape index (κ2) is 8.71. The minimum Gasteiger partial charge on any atom is -0.377 e. The number of likely N-dealkylation sites (tertiary alicyclic amines) is 2. The summed E-state index contributed by atoms with van der Waals surface area (Å²) in [5.41, 5.74) is 1.32. The van der Waals surface area contributed by atoms with Crippen LogP contribution in [-0.2, 0) is 9.47 Å². The van der Waals surface area contributed by atoms with Gasteiger partial charge < -0.3 is 24.6 Å². The highest BCUT2D eigenvalue weighted by molar-refractivity contribution is 5.95. The number of ether oxygens (including phenoxy) is 2. The van der Waals surface area contributed by atoms with Crippen LogP contribution in [0.15, 0.2) is 24.3 Å². The number of piperidine rings is 1. The lowest BCUT2D eigenvalue weighted by molar-refractivity contribution is -0.00461. The topological polar surface area (TPSA) is 71.1 Å². The zero-order valence-electron chi connectivity index (χ0n) is 16.3. The van der Waals surface area contributed by atoms with Crippen LogP contribution in [0.25, 0.3) is 0 Å². The molecule has 1 aromatic carbocycles. The summed E-state index contributed by atoms with van der Waals surface area (Å²) in [5.74, 6) is 0.748. The van der Waals surface area contributed by atoms with Gasteiger partial charge in [0.1, 0.15) is 12.2 Å². The Kier molecular flexibility index (Phi) is 6.34. The van der Waals surface area contributed by atoms with Gasteiger partial charge in [-0.2, -0.15) is 0 Å². The number of carbonyl (C=O) groups is 2. The molecule has 0 saturated carbocycles. The lowest BCUT2D eigenvalue weighted by Crippen LogP contribution is -2.37. The maximum absolute atomic E-state index is 12.6. The Balaban J connectivity index is 1.56. The first-order valence-electron chi connectivity index (χ1n) is 9.52. The fourth-order valence-electron chi connectivity index (χ4n) is 3.66. The molecule has 2 fully saturated rings. The molecule has 2 aliphatic heterocycles. The van der Waals surface area contributed by atoms with E-state index >= 15 is 0 Å². The van der Waals surface area contributed by atoms with E-state index in [1.54, 1.807) is 43.4 Å². The summed E-state index contributed by atoms with van der Waals surface area (Å²) >= 11 is 0. The van der Waals surface area contributed by atoms with Crippen LogP contribution in [0.3, 0.4) is 0 Å². The summed E-state index contributed by atoms with van der Waals surface area (Å²) < 4.78 is 10.7. The molecule has 2 atom stereocenters. The van der Waals surface area contributed by atoms with E-state index in [1.165, 1.54) is 0 Å². The zero-order valence-corrected chi connectivity index (χ0v) is 16.3. The molecule has 7 nitrogen and oxygen atoms in total. The molecule has 3 rings (SSSR count). The molecule has 3 amide bonds. The third kappa shape index (κ3) is 4.59. The average Bonchev–Trinajstić information content (AvgIpc) is 3.12. The number of hydrogen-bond donors (Lipinski definition) is 1. The molecule has 2 heterocycles. The van der Waals surface area contributed by atoms with Crippen LogP contribution in [0.5, 0.6) is 0 Å². The monoisotopic (exact) mass is 375 g/mol. The van der Waals surface area contributed by atoms with Crippen molar-refractivity contribution in [2.24, 2.45) is 5.92 Å². The Hall–Kier alpha value is -2.12. The summed E-state index contributed by atoms with van der Waals surface area (Å²) in [6.45, 7) is 4.84. The van der Waals surface area contributed by atoms with Crippen molar-refractivity contribution >= 4 is 17.6 Å². The Morgan fingerprint density at radius 3 is 2.04 bits per heavy atom. The SMILES string of the molecule is CO[C@H]1CN(C(=O)Nc2ccc(C(=O)N3CCC(C)CC3)cc2)C[C@H]1OC. The summed E-state index contributed by atoms with van der Waals surface area (Å²) in [4.78, 5) is 28.6. The Morgan fingerprint density at radius 1 is 0.963 bits per heavy atom. The third-order valence-electron chi connectivity index (χ3n) is 5.56. The minimum atomic E-state index is -0.194. The second-order valence-electron chi connectivity index (χ2n) is 7.44. The molecule has 2 saturated heterocycles. The molecule has 7 heteroatoms. The normalized spacial score (nSPS) is 23.5. The van der Waals surface area contributed by atoms with Gasteiger partial charge >= 0.3 is 6.03 Å². The van der Waals surface area contributed by atoms with E-state index in [4.69, 9.17) is 9.47 Å². The summed E-state index contributed by atoms with van der Waals surface area (Å²) in [7, 11) is 3.24. The summed E-state index contributed by atoms with van der Waals surface area (Å²) in [5, 5.41) is 2.88. The molecule has 1 N–H and O–H groups in total. The van der Waals surface area contributed by atoms with E-state index in [-0.39, 0.29) is 24.1 Å². The van der Waals surface area contributed by atoms with Crippen molar-refractivity contribution in [2.75, 3.05) is 45.7 Å². The van der Waals surface area contributed by atoms with Gasteiger partial charge in [0.05, 0.1) is 13.1 Å². The lowest BCUT2D eigenvalue weighted by atomic mass is 9.98. The molecule has 148 valence electrons. The van der Waals surface area contributed by atoms with Gasteiger partial charge in [-0.15, -0.1) is 0 Å². The maximum Gasteiger partial charge on any atom is 0.322 e. The first kappa shape index (κ1) is 19.6. The minimum absolute atomic E-state index is 0.0604. The van der Waals surface area contributed by atoms with Crippen LogP contribution < -0.4 is 5.32 Å². The zero-order chi connectivity index (χ0) is 19.4. The fraction of sp³-hybridized carbons (Fsp3) is 0.600. The molecule has 0 spiro atoms. The van der Waals surface area contributed by atoms with Crippen molar-refractivity contribution in [1.82, 2.24) is 9.80 Å².